The lowest BCUT2D eigenvalue weighted by molar-refractivity contribution is -0.137. The molecule has 2 saturated carbocycles. The van der Waals surface area contributed by atoms with E-state index in [-0.39, 0.29) is 18.6 Å². The smallest absolute Gasteiger partial charge is 0.323 e. The molecule has 6 heteroatoms. The summed E-state index contributed by atoms with van der Waals surface area (Å²) in [5.74, 6) is -0.949. The first kappa shape index (κ1) is 14.1. The molecule has 0 spiro atoms. The maximum Gasteiger partial charge on any atom is 0.323 e. The van der Waals surface area contributed by atoms with Gasteiger partial charge in [-0.05, 0) is 32.2 Å². The standard InChI is InChI=1S/C13H23N3O3/c1-2-15(10-3-4-10)8-7-14-13(19)16(9-12(17)18)11-5-6-11/h10-11H,2-9H2,1H3,(H,14,19)(H,17,18). The molecule has 0 aromatic rings. The minimum Gasteiger partial charge on any atom is -0.480 e. The molecule has 108 valence electrons. The highest BCUT2D eigenvalue weighted by Crippen LogP contribution is 2.27. The molecule has 0 aliphatic heterocycles. The van der Waals surface area contributed by atoms with Crippen molar-refractivity contribution in [3.63, 3.8) is 0 Å². The Morgan fingerprint density at radius 2 is 1.84 bits per heavy atom. The van der Waals surface area contributed by atoms with Gasteiger partial charge >= 0.3 is 12.0 Å². The summed E-state index contributed by atoms with van der Waals surface area (Å²) in [5, 5.41) is 11.7. The number of amides is 2. The molecule has 0 heterocycles. The summed E-state index contributed by atoms with van der Waals surface area (Å²) in [6.07, 6.45) is 4.36. The first-order valence-corrected chi connectivity index (χ1v) is 7.12. The third-order valence-electron chi connectivity index (χ3n) is 3.70. The SMILES string of the molecule is CCN(CCNC(=O)N(CC(=O)O)C1CC1)C1CC1. The largest absolute Gasteiger partial charge is 0.480 e. The molecule has 0 radical (unpaired) electrons. The summed E-state index contributed by atoms with van der Waals surface area (Å²) in [4.78, 5) is 26.5. The fourth-order valence-corrected chi connectivity index (χ4v) is 2.35. The molecular weight excluding hydrogens is 246 g/mol. The number of hydrogen-bond acceptors (Lipinski definition) is 3. The maximum atomic E-state index is 11.9. The number of carbonyl (C=O) groups is 2. The van der Waals surface area contributed by atoms with E-state index in [1.807, 2.05) is 0 Å². The average molecular weight is 269 g/mol. The van der Waals surface area contributed by atoms with Gasteiger partial charge in [-0.15, -0.1) is 0 Å². The Labute approximate surface area is 113 Å². The van der Waals surface area contributed by atoms with Gasteiger partial charge < -0.3 is 15.3 Å². The van der Waals surface area contributed by atoms with E-state index in [9.17, 15) is 9.59 Å². The fourth-order valence-electron chi connectivity index (χ4n) is 2.35. The molecule has 2 fully saturated rings. The van der Waals surface area contributed by atoms with Crippen molar-refractivity contribution in [2.24, 2.45) is 0 Å². The molecule has 19 heavy (non-hydrogen) atoms. The second kappa shape index (κ2) is 6.23. The monoisotopic (exact) mass is 269 g/mol. The number of hydrogen-bond donors (Lipinski definition) is 2. The van der Waals surface area contributed by atoms with Crippen LogP contribution in [0.1, 0.15) is 32.6 Å². The van der Waals surface area contributed by atoms with Gasteiger partial charge in [-0.1, -0.05) is 6.92 Å². The van der Waals surface area contributed by atoms with E-state index in [1.165, 1.54) is 17.7 Å². The number of rotatable bonds is 8. The summed E-state index contributed by atoms with van der Waals surface area (Å²) in [6, 6.07) is 0.582. The van der Waals surface area contributed by atoms with Crippen molar-refractivity contribution in [1.82, 2.24) is 15.1 Å². The zero-order valence-electron chi connectivity index (χ0n) is 11.5. The number of carboxylic acids is 1. The van der Waals surface area contributed by atoms with Crippen LogP contribution < -0.4 is 5.32 Å². The Kier molecular flexibility index (Phi) is 4.63. The van der Waals surface area contributed by atoms with Gasteiger partial charge in [0.1, 0.15) is 6.54 Å². The van der Waals surface area contributed by atoms with Crippen LogP contribution in [-0.2, 0) is 4.79 Å². The Balaban J connectivity index is 1.70. The van der Waals surface area contributed by atoms with Crippen molar-refractivity contribution in [2.75, 3.05) is 26.2 Å². The van der Waals surface area contributed by atoms with Gasteiger partial charge in [-0.3, -0.25) is 9.69 Å². The van der Waals surface area contributed by atoms with E-state index >= 15 is 0 Å². The molecule has 2 aliphatic carbocycles. The normalized spacial score (nSPS) is 18.4. The van der Waals surface area contributed by atoms with E-state index in [4.69, 9.17) is 5.11 Å². The highest BCUT2D eigenvalue weighted by atomic mass is 16.4. The van der Waals surface area contributed by atoms with E-state index in [0.717, 1.165) is 25.9 Å². The summed E-state index contributed by atoms with van der Waals surface area (Å²) >= 11 is 0. The van der Waals surface area contributed by atoms with Crippen molar-refractivity contribution >= 4 is 12.0 Å². The Hall–Kier alpha value is -1.30. The number of likely N-dealkylation sites (N-methyl/N-ethyl adjacent to an activating group) is 1. The van der Waals surface area contributed by atoms with Crippen molar-refractivity contribution < 1.29 is 14.7 Å². The zero-order chi connectivity index (χ0) is 13.8. The summed E-state index contributed by atoms with van der Waals surface area (Å²) in [5.41, 5.74) is 0. The third kappa shape index (κ3) is 4.38. The maximum absolute atomic E-state index is 11.9. The summed E-state index contributed by atoms with van der Waals surface area (Å²) < 4.78 is 0. The van der Waals surface area contributed by atoms with Gasteiger partial charge in [0.05, 0.1) is 0 Å². The number of nitrogens with zero attached hydrogens (tertiary/aromatic N) is 2. The number of aliphatic carboxylic acids is 1. The van der Waals surface area contributed by atoms with Crippen molar-refractivity contribution in [1.29, 1.82) is 0 Å². The van der Waals surface area contributed by atoms with Crippen LogP contribution in [0, 0.1) is 0 Å². The second-order valence-corrected chi connectivity index (χ2v) is 5.34. The number of carboxylic acid groups (broad SMARTS) is 1. The van der Waals surface area contributed by atoms with Crippen LogP contribution in [0.4, 0.5) is 4.79 Å². The molecule has 0 saturated heterocycles. The van der Waals surface area contributed by atoms with E-state index in [1.54, 1.807) is 0 Å². The summed E-state index contributed by atoms with van der Waals surface area (Å²) in [7, 11) is 0. The fraction of sp³-hybridized carbons (Fsp3) is 0.846. The number of nitrogens with one attached hydrogen (secondary N) is 1. The van der Waals surface area contributed by atoms with Gasteiger partial charge in [0.25, 0.3) is 0 Å². The molecule has 2 amide bonds. The van der Waals surface area contributed by atoms with Crippen molar-refractivity contribution in [3.8, 4) is 0 Å². The lowest BCUT2D eigenvalue weighted by Gasteiger charge is -2.23. The molecular formula is C13H23N3O3. The van der Waals surface area contributed by atoms with Gasteiger partial charge in [-0.2, -0.15) is 0 Å². The lowest BCUT2D eigenvalue weighted by Crippen LogP contribution is -2.46. The summed E-state index contributed by atoms with van der Waals surface area (Å²) in [6.45, 7) is 4.37. The molecule has 0 aromatic heterocycles. The van der Waals surface area contributed by atoms with Crippen LogP contribution in [0.2, 0.25) is 0 Å². The highest BCUT2D eigenvalue weighted by molar-refractivity contribution is 5.80. The second-order valence-electron chi connectivity index (χ2n) is 5.34. The molecule has 0 aromatic carbocycles. The number of urea groups is 1. The van der Waals surface area contributed by atoms with Gasteiger partial charge in [0.2, 0.25) is 0 Å². The van der Waals surface area contributed by atoms with Crippen LogP contribution in [0.25, 0.3) is 0 Å². The minimum atomic E-state index is -0.949. The van der Waals surface area contributed by atoms with Gasteiger partial charge in [-0.25, -0.2) is 4.79 Å². The van der Waals surface area contributed by atoms with Crippen LogP contribution in [0.3, 0.4) is 0 Å². The topological polar surface area (TPSA) is 72.9 Å². The predicted molar refractivity (Wildman–Crippen MR) is 71.0 cm³/mol. The molecule has 2 rings (SSSR count). The quantitative estimate of drug-likeness (QED) is 0.681. The van der Waals surface area contributed by atoms with Crippen LogP contribution in [-0.4, -0.2) is 65.2 Å². The van der Waals surface area contributed by atoms with E-state index in [0.29, 0.717) is 12.6 Å². The highest BCUT2D eigenvalue weighted by Gasteiger charge is 2.34. The van der Waals surface area contributed by atoms with E-state index in [2.05, 4.69) is 17.1 Å². The van der Waals surface area contributed by atoms with Crippen LogP contribution >= 0.6 is 0 Å². The van der Waals surface area contributed by atoms with Crippen molar-refractivity contribution in [2.45, 2.75) is 44.7 Å². The lowest BCUT2D eigenvalue weighted by atomic mass is 10.4. The molecule has 0 atom stereocenters. The molecule has 2 aliphatic rings. The van der Waals surface area contributed by atoms with E-state index < -0.39 is 5.97 Å². The first-order chi connectivity index (χ1) is 9.11. The van der Waals surface area contributed by atoms with Crippen molar-refractivity contribution in [3.05, 3.63) is 0 Å². The minimum absolute atomic E-state index is 0.127. The zero-order valence-corrected chi connectivity index (χ0v) is 11.5. The first-order valence-electron chi connectivity index (χ1n) is 7.12. The number of carbonyl (C=O) groups excluding carboxylic acids is 1. The van der Waals surface area contributed by atoms with Crippen LogP contribution in [0.15, 0.2) is 0 Å². The molecule has 6 nitrogen and oxygen atoms in total. The van der Waals surface area contributed by atoms with Gasteiger partial charge in [0.15, 0.2) is 0 Å². The molecule has 0 bridgehead atoms. The van der Waals surface area contributed by atoms with Crippen LogP contribution in [0.5, 0.6) is 0 Å². The molecule has 0 unspecified atom stereocenters. The Bertz CT molecular complexity index is 340. The van der Waals surface area contributed by atoms with Gasteiger partial charge in [0, 0.05) is 25.2 Å². The molecule has 2 N–H and O–H groups in total. The Morgan fingerprint density at radius 3 is 2.32 bits per heavy atom. The third-order valence-corrected chi connectivity index (χ3v) is 3.70. The predicted octanol–water partition coefficient (Wildman–Crippen LogP) is 0.729. The average Bonchev–Trinajstić information content (AvgIpc) is 3.23. The Morgan fingerprint density at radius 1 is 1.21 bits per heavy atom.